The number of rotatable bonds is 2. The van der Waals surface area contributed by atoms with Crippen molar-refractivity contribution in [2.24, 2.45) is 0 Å². The molecule has 2 heterocycles. The third-order valence-electron chi connectivity index (χ3n) is 2.03. The van der Waals surface area contributed by atoms with E-state index in [1.165, 1.54) is 11.5 Å². The molecule has 1 aromatic heterocycles. The Morgan fingerprint density at radius 3 is 3.08 bits per heavy atom. The molecule has 0 amide bonds. The van der Waals surface area contributed by atoms with E-state index in [1.807, 2.05) is 6.92 Å². The van der Waals surface area contributed by atoms with E-state index in [0.717, 1.165) is 22.6 Å². The second kappa shape index (κ2) is 3.43. The zero-order valence-corrected chi connectivity index (χ0v) is 8.04. The summed E-state index contributed by atoms with van der Waals surface area (Å²) in [5.41, 5.74) is 1.71. The largest absolute Gasteiger partial charge is 0.501 e. The summed E-state index contributed by atoms with van der Waals surface area (Å²) < 4.78 is 8.84. The molecular weight excluding hydrogens is 188 g/mol. The van der Waals surface area contributed by atoms with Crippen LogP contribution < -0.4 is 0 Å². The third kappa shape index (κ3) is 1.57. The summed E-state index contributed by atoms with van der Waals surface area (Å²) in [6.07, 6.45) is 1.84. The van der Waals surface area contributed by atoms with Crippen molar-refractivity contribution in [3.63, 3.8) is 0 Å². The summed E-state index contributed by atoms with van der Waals surface area (Å²) in [4.78, 5) is 0.816. The fourth-order valence-electron chi connectivity index (χ4n) is 1.26. The van der Waals surface area contributed by atoms with Gasteiger partial charge in [-0.25, -0.2) is 0 Å². The van der Waals surface area contributed by atoms with E-state index in [1.54, 1.807) is 6.26 Å². The first-order chi connectivity index (χ1) is 6.29. The Bertz CT molecular complexity index is 335. The van der Waals surface area contributed by atoms with Crippen LogP contribution in [0.25, 0.3) is 0 Å². The lowest BCUT2D eigenvalue weighted by atomic mass is 10.1. The number of aliphatic hydroxyl groups is 1. The molecule has 0 bridgehead atoms. The highest BCUT2D eigenvalue weighted by Crippen LogP contribution is 2.30. The highest BCUT2D eigenvalue weighted by atomic mass is 32.1. The van der Waals surface area contributed by atoms with Gasteiger partial charge < -0.3 is 9.84 Å². The molecular formula is C8H10N2O2S. The van der Waals surface area contributed by atoms with Gasteiger partial charge in [-0.05, 0) is 18.5 Å². The average molecular weight is 198 g/mol. The molecule has 1 N–H and O–H groups in total. The minimum atomic E-state index is -0.581. The van der Waals surface area contributed by atoms with Crippen LogP contribution in [0.5, 0.6) is 0 Å². The molecule has 5 heteroatoms. The maximum atomic E-state index is 9.87. The van der Waals surface area contributed by atoms with E-state index in [4.69, 9.17) is 4.74 Å². The Kier molecular flexibility index (Phi) is 2.28. The van der Waals surface area contributed by atoms with Gasteiger partial charge in [0.2, 0.25) is 0 Å². The maximum Gasteiger partial charge on any atom is 0.116 e. The molecule has 1 aliphatic rings. The average Bonchev–Trinajstić information content (AvgIpc) is 2.72. The van der Waals surface area contributed by atoms with Gasteiger partial charge in [-0.3, -0.25) is 0 Å². The summed E-state index contributed by atoms with van der Waals surface area (Å²) >= 11 is 1.24. The standard InChI is InChI=1S/C8H10N2O2S/c1-5-8(13-10-9-5)7(11)6-2-3-12-4-6/h4,7,11H,2-3H2,1H3. The first-order valence-corrected chi connectivity index (χ1v) is 4.84. The van der Waals surface area contributed by atoms with E-state index in [0.29, 0.717) is 6.61 Å². The van der Waals surface area contributed by atoms with Gasteiger partial charge in [0.05, 0.1) is 23.4 Å². The number of hydrogen-bond donors (Lipinski definition) is 1. The van der Waals surface area contributed by atoms with Crippen LogP contribution in [0.15, 0.2) is 11.8 Å². The van der Waals surface area contributed by atoms with E-state index < -0.39 is 6.10 Å². The maximum absolute atomic E-state index is 9.87. The van der Waals surface area contributed by atoms with Crippen molar-refractivity contribution < 1.29 is 9.84 Å². The minimum absolute atomic E-state index is 0.581. The van der Waals surface area contributed by atoms with Gasteiger partial charge in [-0.1, -0.05) is 4.49 Å². The van der Waals surface area contributed by atoms with Crippen molar-refractivity contribution in [2.75, 3.05) is 6.61 Å². The SMILES string of the molecule is Cc1nnsc1C(O)C1=COCC1. The van der Waals surface area contributed by atoms with Crippen molar-refractivity contribution in [1.82, 2.24) is 9.59 Å². The van der Waals surface area contributed by atoms with Crippen molar-refractivity contribution in [1.29, 1.82) is 0 Å². The molecule has 0 saturated heterocycles. The lowest BCUT2D eigenvalue weighted by Crippen LogP contribution is -1.99. The Labute approximate surface area is 80.0 Å². The Morgan fingerprint density at radius 1 is 1.69 bits per heavy atom. The summed E-state index contributed by atoms with van der Waals surface area (Å²) in [6, 6.07) is 0. The molecule has 2 rings (SSSR count). The van der Waals surface area contributed by atoms with Crippen LogP contribution in [-0.4, -0.2) is 21.3 Å². The molecule has 1 aliphatic heterocycles. The van der Waals surface area contributed by atoms with Crippen molar-refractivity contribution in [3.05, 3.63) is 22.4 Å². The number of aryl methyl sites for hydroxylation is 1. The molecule has 1 unspecified atom stereocenters. The van der Waals surface area contributed by atoms with Crippen LogP contribution >= 0.6 is 11.5 Å². The fraction of sp³-hybridized carbons (Fsp3) is 0.500. The van der Waals surface area contributed by atoms with Gasteiger partial charge in [-0.15, -0.1) is 5.10 Å². The molecule has 0 saturated carbocycles. The van der Waals surface area contributed by atoms with Crippen molar-refractivity contribution >= 4 is 11.5 Å². The second-order valence-corrected chi connectivity index (χ2v) is 3.72. The molecule has 0 spiro atoms. The smallest absolute Gasteiger partial charge is 0.116 e. The molecule has 1 atom stereocenters. The predicted octanol–water partition coefficient (Wildman–Crippen LogP) is 1.18. The van der Waals surface area contributed by atoms with Gasteiger partial charge in [0.1, 0.15) is 6.10 Å². The van der Waals surface area contributed by atoms with Gasteiger partial charge >= 0.3 is 0 Å². The minimum Gasteiger partial charge on any atom is -0.501 e. The Morgan fingerprint density at radius 2 is 2.54 bits per heavy atom. The number of aliphatic hydroxyl groups excluding tert-OH is 1. The highest BCUT2D eigenvalue weighted by Gasteiger charge is 2.21. The monoisotopic (exact) mass is 198 g/mol. The molecule has 0 fully saturated rings. The van der Waals surface area contributed by atoms with Crippen LogP contribution in [0.4, 0.5) is 0 Å². The number of aromatic nitrogens is 2. The molecule has 1 aromatic rings. The molecule has 70 valence electrons. The summed E-state index contributed by atoms with van der Waals surface area (Å²) in [7, 11) is 0. The van der Waals surface area contributed by atoms with Gasteiger partial charge in [0, 0.05) is 12.0 Å². The lowest BCUT2D eigenvalue weighted by molar-refractivity contribution is 0.216. The first-order valence-electron chi connectivity index (χ1n) is 4.06. The molecule has 0 aromatic carbocycles. The predicted molar refractivity (Wildman–Crippen MR) is 48.3 cm³/mol. The molecule has 0 aliphatic carbocycles. The van der Waals surface area contributed by atoms with E-state index in [9.17, 15) is 5.11 Å². The van der Waals surface area contributed by atoms with Crippen molar-refractivity contribution in [3.8, 4) is 0 Å². The van der Waals surface area contributed by atoms with Crippen LogP contribution in [0.2, 0.25) is 0 Å². The highest BCUT2D eigenvalue weighted by molar-refractivity contribution is 7.05. The van der Waals surface area contributed by atoms with Crippen molar-refractivity contribution in [2.45, 2.75) is 19.4 Å². The van der Waals surface area contributed by atoms with Crippen LogP contribution in [0.3, 0.4) is 0 Å². The van der Waals surface area contributed by atoms with Gasteiger partial charge in [0.25, 0.3) is 0 Å². The first kappa shape index (κ1) is 8.65. The summed E-state index contributed by atoms with van der Waals surface area (Å²) in [5, 5.41) is 13.7. The van der Waals surface area contributed by atoms with Crippen LogP contribution in [0.1, 0.15) is 23.1 Å². The zero-order valence-electron chi connectivity index (χ0n) is 7.23. The molecule has 13 heavy (non-hydrogen) atoms. The van der Waals surface area contributed by atoms with Gasteiger partial charge in [0.15, 0.2) is 0 Å². The zero-order chi connectivity index (χ0) is 9.26. The number of hydrogen-bond acceptors (Lipinski definition) is 5. The molecule has 0 radical (unpaired) electrons. The fourth-order valence-corrected chi connectivity index (χ4v) is 1.94. The summed E-state index contributed by atoms with van der Waals surface area (Å²) in [6.45, 7) is 2.51. The van der Waals surface area contributed by atoms with E-state index in [2.05, 4.69) is 9.59 Å². The molecule has 4 nitrogen and oxygen atoms in total. The Hall–Kier alpha value is -0.940. The number of nitrogens with zero attached hydrogens (tertiary/aromatic N) is 2. The normalized spacial score (nSPS) is 18.2. The Balaban J connectivity index is 2.21. The van der Waals surface area contributed by atoms with E-state index >= 15 is 0 Å². The quantitative estimate of drug-likeness (QED) is 0.775. The topological polar surface area (TPSA) is 55.2 Å². The second-order valence-electron chi connectivity index (χ2n) is 2.94. The third-order valence-corrected chi connectivity index (χ3v) is 2.91. The van der Waals surface area contributed by atoms with Crippen LogP contribution in [0, 0.1) is 6.92 Å². The summed E-state index contributed by atoms with van der Waals surface area (Å²) in [5.74, 6) is 0. The number of ether oxygens (including phenoxy) is 1. The lowest BCUT2D eigenvalue weighted by Gasteiger charge is -2.07. The van der Waals surface area contributed by atoms with E-state index in [-0.39, 0.29) is 0 Å². The van der Waals surface area contributed by atoms with Crippen LogP contribution in [-0.2, 0) is 4.74 Å². The van der Waals surface area contributed by atoms with Gasteiger partial charge in [-0.2, -0.15) is 0 Å².